The number of hydrogen-bond acceptors (Lipinski definition) is 5. The van der Waals surface area contributed by atoms with Crippen LogP contribution in [0.3, 0.4) is 0 Å². The van der Waals surface area contributed by atoms with E-state index in [4.69, 9.17) is 21.5 Å². The smallest absolute Gasteiger partial charge is 0.475 e. The average molecular weight is 516 g/mol. The number of unbranched alkanes of at least 4 members (excludes halogenated alkanes) is 2. The molecule has 188 valence electrons. The van der Waals surface area contributed by atoms with E-state index in [2.05, 4.69) is 12.2 Å². The minimum atomic E-state index is -5.08. The Labute approximate surface area is 196 Å². The van der Waals surface area contributed by atoms with Gasteiger partial charge >= 0.3 is 12.1 Å². The van der Waals surface area contributed by atoms with Crippen LogP contribution in [-0.2, 0) is 14.8 Å². The maximum absolute atomic E-state index is 12.9. The van der Waals surface area contributed by atoms with Crippen LogP contribution < -0.4 is 5.32 Å². The number of piperazine rings is 1. The second-order valence-corrected chi connectivity index (χ2v) is 9.74. The highest BCUT2D eigenvalue weighted by Gasteiger charge is 2.38. The molecule has 0 saturated carbocycles. The number of nitrogens with one attached hydrogen (secondary N) is 1. The topological polar surface area (TPSA) is 107 Å². The predicted molar refractivity (Wildman–Crippen MR) is 119 cm³/mol. The van der Waals surface area contributed by atoms with Crippen molar-refractivity contribution in [1.82, 2.24) is 14.5 Å². The SMILES string of the molecule is CCCCCN(CCS(=O)(=O)N1CCNCC1)C(=O)c1ccccc1Cl.O=C(O)C(F)(F)F. The highest BCUT2D eigenvalue weighted by atomic mass is 35.5. The van der Waals surface area contributed by atoms with Crippen molar-refractivity contribution in [3.8, 4) is 0 Å². The van der Waals surface area contributed by atoms with Gasteiger partial charge in [-0.05, 0) is 18.6 Å². The Balaban J connectivity index is 0.000000675. The third kappa shape index (κ3) is 10.3. The van der Waals surface area contributed by atoms with Crippen LogP contribution in [0.1, 0.15) is 36.5 Å². The standard InChI is InChI=1S/C18H28ClN3O3S.C2HF3O2/c1-2-3-6-11-21(18(23)16-7-4-5-8-17(16)19)14-15-26(24,25)22-12-9-20-10-13-22;3-2(4,5)1(6)7/h4-5,7-8,20H,2-3,6,9-15H2,1H3;(H,6,7). The molecule has 2 N–H and O–H groups in total. The van der Waals surface area contributed by atoms with Gasteiger partial charge in [0.25, 0.3) is 5.91 Å². The monoisotopic (exact) mass is 515 g/mol. The molecule has 2 rings (SSSR count). The molecule has 1 fully saturated rings. The molecule has 0 spiro atoms. The fraction of sp³-hybridized carbons (Fsp3) is 0.600. The summed E-state index contributed by atoms with van der Waals surface area (Å²) in [7, 11) is -3.37. The zero-order chi connectivity index (χ0) is 25.1. The van der Waals surface area contributed by atoms with Gasteiger partial charge in [0.15, 0.2) is 0 Å². The van der Waals surface area contributed by atoms with Crippen molar-refractivity contribution in [2.45, 2.75) is 32.4 Å². The Morgan fingerprint density at radius 1 is 1.15 bits per heavy atom. The minimum absolute atomic E-state index is 0.0602. The number of carbonyl (C=O) groups excluding carboxylic acids is 1. The molecule has 1 heterocycles. The van der Waals surface area contributed by atoms with E-state index < -0.39 is 22.2 Å². The maximum Gasteiger partial charge on any atom is 0.490 e. The minimum Gasteiger partial charge on any atom is -0.475 e. The lowest BCUT2D eigenvalue weighted by atomic mass is 10.2. The number of sulfonamides is 1. The lowest BCUT2D eigenvalue weighted by molar-refractivity contribution is -0.192. The molecule has 0 unspecified atom stereocenters. The van der Waals surface area contributed by atoms with E-state index in [0.29, 0.717) is 43.3 Å². The molecule has 1 amide bonds. The van der Waals surface area contributed by atoms with Gasteiger partial charge in [-0.15, -0.1) is 0 Å². The number of hydrogen-bond donors (Lipinski definition) is 2. The normalized spacial score (nSPS) is 14.8. The number of aliphatic carboxylic acids is 1. The first-order chi connectivity index (χ1) is 15.4. The second kappa shape index (κ2) is 13.7. The number of carboxylic acids is 1. The summed E-state index contributed by atoms with van der Waals surface area (Å²) < 4.78 is 58.4. The van der Waals surface area contributed by atoms with Crippen molar-refractivity contribution in [2.75, 3.05) is 45.0 Å². The Bertz CT molecular complexity index is 878. The van der Waals surface area contributed by atoms with E-state index in [1.807, 2.05) is 0 Å². The summed E-state index contributed by atoms with van der Waals surface area (Å²) in [4.78, 5) is 23.4. The molecular formula is C20H29ClF3N3O5S. The van der Waals surface area contributed by atoms with Gasteiger partial charge in [0, 0.05) is 39.3 Å². The van der Waals surface area contributed by atoms with Crippen LogP contribution in [0.4, 0.5) is 13.2 Å². The average Bonchev–Trinajstić information content (AvgIpc) is 2.76. The largest absolute Gasteiger partial charge is 0.490 e. The summed E-state index contributed by atoms with van der Waals surface area (Å²) in [5.74, 6) is -3.02. The number of amides is 1. The van der Waals surface area contributed by atoms with Gasteiger partial charge in [-0.25, -0.2) is 13.2 Å². The van der Waals surface area contributed by atoms with Crippen molar-refractivity contribution >= 4 is 33.5 Å². The molecule has 1 saturated heterocycles. The molecule has 8 nitrogen and oxygen atoms in total. The van der Waals surface area contributed by atoms with Crippen LogP contribution >= 0.6 is 11.6 Å². The number of rotatable bonds is 9. The van der Waals surface area contributed by atoms with Crippen molar-refractivity contribution in [2.24, 2.45) is 0 Å². The molecule has 33 heavy (non-hydrogen) atoms. The van der Waals surface area contributed by atoms with Crippen LogP contribution in [0.5, 0.6) is 0 Å². The first-order valence-electron chi connectivity index (χ1n) is 10.4. The molecule has 0 aromatic heterocycles. The summed E-state index contributed by atoms with van der Waals surface area (Å²) in [6.45, 7) is 5.10. The van der Waals surface area contributed by atoms with Crippen molar-refractivity contribution in [3.63, 3.8) is 0 Å². The summed E-state index contributed by atoms with van der Waals surface area (Å²) in [5.41, 5.74) is 0.422. The Morgan fingerprint density at radius 3 is 2.24 bits per heavy atom. The van der Waals surface area contributed by atoms with Crippen LogP contribution in [0.15, 0.2) is 24.3 Å². The molecule has 1 aromatic rings. The van der Waals surface area contributed by atoms with E-state index in [-0.39, 0.29) is 18.2 Å². The highest BCUT2D eigenvalue weighted by molar-refractivity contribution is 7.89. The zero-order valence-electron chi connectivity index (χ0n) is 18.3. The number of carboxylic acid groups (broad SMARTS) is 1. The molecular weight excluding hydrogens is 487 g/mol. The van der Waals surface area contributed by atoms with Gasteiger partial charge in [0.2, 0.25) is 10.0 Å². The zero-order valence-corrected chi connectivity index (χ0v) is 19.8. The molecule has 0 radical (unpaired) electrons. The van der Waals surface area contributed by atoms with Gasteiger partial charge in [0.05, 0.1) is 16.3 Å². The van der Waals surface area contributed by atoms with Gasteiger partial charge < -0.3 is 15.3 Å². The number of carbonyl (C=O) groups is 2. The number of alkyl halides is 3. The van der Waals surface area contributed by atoms with E-state index in [0.717, 1.165) is 19.3 Å². The highest BCUT2D eigenvalue weighted by Crippen LogP contribution is 2.18. The molecule has 13 heteroatoms. The fourth-order valence-electron chi connectivity index (χ4n) is 2.95. The van der Waals surface area contributed by atoms with Gasteiger partial charge in [0.1, 0.15) is 0 Å². The molecule has 0 atom stereocenters. The summed E-state index contributed by atoms with van der Waals surface area (Å²) in [5, 5.41) is 10.7. The van der Waals surface area contributed by atoms with Crippen LogP contribution in [-0.4, -0.2) is 85.8 Å². The summed E-state index contributed by atoms with van der Waals surface area (Å²) in [6.07, 6.45) is -2.20. The van der Waals surface area contributed by atoms with E-state index in [9.17, 15) is 26.4 Å². The van der Waals surface area contributed by atoms with Crippen molar-refractivity contribution < 1.29 is 36.3 Å². The van der Waals surface area contributed by atoms with Gasteiger partial charge in [-0.1, -0.05) is 43.5 Å². The van der Waals surface area contributed by atoms with E-state index >= 15 is 0 Å². The predicted octanol–water partition coefficient (Wildman–Crippen LogP) is 2.84. The first-order valence-corrected chi connectivity index (χ1v) is 12.4. The summed E-state index contributed by atoms with van der Waals surface area (Å²) in [6, 6.07) is 6.90. The molecule has 0 aliphatic carbocycles. The van der Waals surface area contributed by atoms with Crippen LogP contribution in [0.2, 0.25) is 5.02 Å². The van der Waals surface area contributed by atoms with Crippen molar-refractivity contribution in [3.05, 3.63) is 34.9 Å². The Morgan fingerprint density at radius 2 is 1.73 bits per heavy atom. The number of nitrogens with zero attached hydrogens (tertiary/aromatic N) is 2. The Kier molecular flexibility index (Phi) is 12.1. The number of benzene rings is 1. The molecule has 0 bridgehead atoms. The Hall–Kier alpha value is -1.89. The van der Waals surface area contributed by atoms with E-state index in [1.165, 1.54) is 4.31 Å². The van der Waals surface area contributed by atoms with Crippen molar-refractivity contribution in [1.29, 1.82) is 0 Å². The third-order valence-electron chi connectivity index (χ3n) is 4.75. The van der Waals surface area contributed by atoms with Crippen LogP contribution in [0, 0.1) is 0 Å². The molecule has 1 aliphatic heterocycles. The maximum atomic E-state index is 12.9. The third-order valence-corrected chi connectivity index (χ3v) is 6.93. The quantitative estimate of drug-likeness (QED) is 0.490. The summed E-state index contributed by atoms with van der Waals surface area (Å²) >= 11 is 6.16. The lowest BCUT2D eigenvalue weighted by Crippen LogP contribution is -2.48. The first kappa shape index (κ1) is 29.1. The van der Waals surface area contributed by atoms with E-state index in [1.54, 1.807) is 29.2 Å². The lowest BCUT2D eigenvalue weighted by Gasteiger charge is -2.28. The van der Waals surface area contributed by atoms with Crippen LogP contribution in [0.25, 0.3) is 0 Å². The number of halogens is 4. The molecule has 1 aromatic carbocycles. The fourth-order valence-corrected chi connectivity index (χ4v) is 4.61. The molecule has 1 aliphatic rings. The van der Waals surface area contributed by atoms with Gasteiger partial charge in [-0.3, -0.25) is 4.79 Å². The van der Waals surface area contributed by atoms with Gasteiger partial charge in [-0.2, -0.15) is 17.5 Å². The second-order valence-electron chi connectivity index (χ2n) is 7.25.